The van der Waals surface area contributed by atoms with E-state index in [1.54, 1.807) is 29.2 Å². The Bertz CT molecular complexity index is 1110. The topological polar surface area (TPSA) is 119 Å². The van der Waals surface area contributed by atoms with Gasteiger partial charge in [-0.2, -0.15) is 4.31 Å². The lowest BCUT2D eigenvalue weighted by molar-refractivity contribution is -0.386. The Hall–Kier alpha value is -3.18. The minimum atomic E-state index is -3.96. The molecule has 0 bridgehead atoms. The summed E-state index contributed by atoms with van der Waals surface area (Å²) in [5, 5.41) is 11.2. The van der Waals surface area contributed by atoms with Gasteiger partial charge in [0.1, 0.15) is 5.75 Å². The number of hydrogen-bond acceptors (Lipinski definition) is 7. The first-order valence-electron chi connectivity index (χ1n) is 10.5. The summed E-state index contributed by atoms with van der Waals surface area (Å²) in [5.41, 5.74) is 0.0715. The van der Waals surface area contributed by atoms with Crippen molar-refractivity contribution in [3.05, 3.63) is 58.1 Å². The van der Waals surface area contributed by atoms with Crippen molar-refractivity contribution >= 4 is 21.6 Å². The van der Waals surface area contributed by atoms with Gasteiger partial charge in [-0.15, -0.1) is 0 Å². The zero-order valence-electron chi connectivity index (χ0n) is 18.8. The fraction of sp³-hybridized carbons (Fsp3) is 0.409. The predicted molar refractivity (Wildman–Crippen MR) is 121 cm³/mol. The quantitative estimate of drug-likeness (QED) is 0.424. The van der Waals surface area contributed by atoms with E-state index in [0.717, 1.165) is 6.07 Å². The Kier molecular flexibility index (Phi) is 7.54. The molecule has 0 aliphatic carbocycles. The summed E-state index contributed by atoms with van der Waals surface area (Å²) in [6.45, 7) is 5.28. The molecule has 11 heteroatoms. The lowest BCUT2D eigenvalue weighted by atomic mass is 10.1. The van der Waals surface area contributed by atoms with Crippen LogP contribution in [-0.4, -0.2) is 68.3 Å². The van der Waals surface area contributed by atoms with Crippen LogP contribution in [0.1, 0.15) is 24.2 Å². The molecule has 1 heterocycles. The molecule has 0 spiro atoms. The number of nitro benzene ring substituents is 1. The second kappa shape index (κ2) is 10.2. The molecule has 1 aliphatic rings. The molecular weight excluding hydrogens is 450 g/mol. The van der Waals surface area contributed by atoms with Gasteiger partial charge in [0.25, 0.3) is 5.91 Å². The molecule has 0 atom stereocenters. The zero-order valence-corrected chi connectivity index (χ0v) is 19.6. The smallest absolute Gasteiger partial charge is 0.312 e. The Morgan fingerprint density at radius 2 is 1.73 bits per heavy atom. The van der Waals surface area contributed by atoms with Gasteiger partial charge in [-0.3, -0.25) is 14.9 Å². The Morgan fingerprint density at radius 1 is 1.09 bits per heavy atom. The summed E-state index contributed by atoms with van der Waals surface area (Å²) in [7, 11) is -2.68. The number of piperazine rings is 1. The molecule has 1 amide bonds. The lowest BCUT2D eigenvalue weighted by Gasteiger charge is -2.34. The maximum absolute atomic E-state index is 13.0. The van der Waals surface area contributed by atoms with Crippen molar-refractivity contribution in [1.82, 2.24) is 9.21 Å². The SMILES string of the molecule is COc1ccc(S(=O)(=O)N2CCN(C(=O)c3ccc(OCC(C)C)cc3)CC2)cc1[N+](=O)[O-]. The number of benzene rings is 2. The fourth-order valence-electron chi connectivity index (χ4n) is 3.39. The van der Waals surface area contributed by atoms with Crippen LogP contribution in [0.3, 0.4) is 0 Å². The van der Waals surface area contributed by atoms with E-state index in [0.29, 0.717) is 23.8 Å². The molecule has 0 saturated carbocycles. The highest BCUT2D eigenvalue weighted by molar-refractivity contribution is 7.89. The van der Waals surface area contributed by atoms with Crippen LogP contribution in [0.5, 0.6) is 11.5 Å². The average molecular weight is 478 g/mol. The number of sulfonamides is 1. The number of nitro groups is 1. The second-order valence-corrected chi connectivity index (χ2v) is 9.95. The van der Waals surface area contributed by atoms with E-state index in [2.05, 4.69) is 0 Å². The number of ether oxygens (including phenoxy) is 2. The van der Waals surface area contributed by atoms with E-state index in [-0.39, 0.29) is 42.7 Å². The second-order valence-electron chi connectivity index (χ2n) is 8.02. The van der Waals surface area contributed by atoms with Crippen LogP contribution >= 0.6 is 0 Å². The number of amides is 1. The number of hydrogen-bond donors (Lipinski definition) is 0. The van der Waals surface area contributed by atoms with Crippen molar-refractivity contribution in [2.75, 3.05) is 39.9 Å². The van der Waals surface area contributed by atoms with Crippen molar-refractivity contribution in [2.45, 2.75) is 18.7 Å². The van der Waals surface area contributed by atoms with Crippen LogP contribution < -0.4 is 9.47 Å². The summed E-state index contributed by atoms with van der Waals surface area (Å²) in [4.78, 5) is 24.8. The van der Waals surface area contributed by atoms with E-state index in [9.17, 15) is 23.3 Å². The Morgan fingerprint density at radius 3 is 2.27 bits per heavy atom. The highest BCUT2D eigenvalue weighted by Crippen LogP contribution is 2.31. The molecular formula is C22H27N3O7S. The molecule has 0 unspecified atom stereocenters. The van der Waals surface area contributed by atoms with E-state index >= 15 is 0 Å². The molecule has 178 valence electrons. The summed E-state index contributed by atoms with van der Waals surface area (Å²) in [6, 6.07) is 10.4. The number of nitrogens with zero attached hydrogens (tertiary/aromatic N) is 3. The van der Waals surface area contributed by atoms with E-state index < -0.39 is 20.6 Å². The van der Waals surface area contributed by atoms with E-state index in [4.69, 9.17) is 9.47 Å². The minimum Gasteiger partial charge on any atom is -0.493 e. The van der Waals surface area contributed by atoms with Crippen molar-refractivity contribution in [1.29, 1.82) is 0 Å². The standard InChI is InChI=1S/C22H27N3O7S/c1-16(2)15-32-18-6-4-17(5-7-18)22(26)23-10-12-24(13-11-23)33(29,30)19-8-9-21(31-3)20(14-19)25(27)28/h4-9,14,16H,10-13,15H2,1-3H3. The summed E-state index contributed by atoms with van der Waals surface area (Å²) >= 11 is 0. The highest BCUT2D eigenvalue weighted by Gasteiger charge is 2.32. The molecule has 10 nitrogen and oxygen atoms in total. The zero-order chi connectivity index (χ0) is 24.2. The van der Waals surface area contributed by atoms with Gasteiger partial charge in [0.2, 0.25) is 10.0 Å². The average Bonchev–Trinajstić information content (AvgIpc) is 2.82. The highest BCUT2D eigenvalue weighted by atomic mass is 32.2. The molecule has 0 aromatic heterocycles. The van der Waals surface area contributed by atoms with Gasteiger partial charge < -0.3 is 14.4 Å². The number of carbonyl (C=O) groups excluding carboxylic acids is 1. The van der Waals surface area contributed by atoms with Gasteiger partial charge in [-0.05, 0) is 42.3 Å². The minimum absolute atomic E-state index is 0.0185. The molecule has 1 saturated heterocycles. The first-order chi connectivity index (χ1) is 15.6. The van der Waals surface area contributed by atoms with Gasteiger partial charge in [-0.1, -0.05) is 13.8 Å². The summed E-state index contributed by atoms with van der Waals surface area (Å²) in [6.07, 6.45) is 0. The molecule has 1 fully saturated rings. The lowest BCUT2D eigenvalue weighted by Crippen LogP contribution is -2.50. The monoisotopic (exact) mass is 477 g/mol. The van der Waals surface area contributed by atoms with Gasteiger partial charge in [0.15, 0.2) is 5.75 Å². The van der Waals surface area contributed by atoms with Crippen molar-refractivity contribution in [3.63, 3.8) is 0 Å². The predicted octanol–water partition coefficient (Wildman–Crippen LogP) is 2.78. The summed E-state index contributed by atoms with van der Waals surface area (Å²) < 4.78 is 37.8. The van der Waals surface area contributed by atoms with Crippen LogP contribution in [0.2, 0.25) is 0 Å². The third-order valence-electron chi connectivity index (χ3n) is 5.20. The summed E-state index contributed by atoms with van der Waals surface area (Å²) in [5.74, 6) is 0.866. The van der Waals surface area contributed by atoms with Crippen molar-refractivity contribution in [2.24, 2.45) is 5.92 Å². The van der Waals surface area contributed by atoms with Gasteiger partial charge >= 0.3 is 5.69 Å². The number of methoxy groups -OCH3 is 1. The number of carbonyl (C=O) groups is 1. The van der Waals surface area contributed by atoms with Crippen LogP contribution in [-0.2, 0) is 10.0 Å². The normalized spacial score (nSPS) is 14.8. The molecule has 2 aromatic rings. The molecule has 0 radical (unpaired) electrons. The molecule has 3 rings (SSSR count). The van der Waals surface area contributed by atoms with Crippen molar-refractivity contribution in [3.8, 4) is 11.5 Å². The van der Waals surface area contributed by atoms with Crippen LogP contribution in [0.25, 0.3) is 0 Å². The van der Waals surface area contributed by atoms with Crippen LogP contribution in [0.15, 0.2) is 47.4 Å². The van der Waals surface area contributed by atoms with Gasteiger partial charge in [-0.25, -0.2) is 8.42 Å². The van der Waals surface area contributed by atoms with E-state index in [1.165, 1.54) is 23.5 Å². The third-order valence-corrected chi connectivity index (χ3v) is 7.09. The van der Waals surface area contributed by atoms with E-state index in [1.807, 2.05) is 13.8 Å². The first kappa shape index (κ1) is 24.5. The van der Waals surface area contributed by atoms with Crippen LogP contribution in [0.4, 0.5) is 5.69 Å². The largest absolute Gasteiger partial charge is 0.493 e. The fourth-order valence-corrected chi connectivity index (χ4v) is 4.84. The Balaban J connectivity index is 1.66. The first-order valence-corrected chi connectivity index (χ1v) is 11.9. The van der Waals surface area contributed by atoms with Crippen LogP contribution in [0, 0.1) is 16.0 Å². The molecule has 2 aromatic carbocycles. The Labute approximate surface area is 192 Å². The van der Waals surface area contributed by atoms with Crippen molar-refractivity contribution < 1.29 is 27.6 Å². The van der Waals surface area contributed by atoms with Gasteiger partial charge in [0, 0.05) is 37.8 Å². The third kappa shape index (κ3) is 5.60. The van der Waals surface area contributed by atoms with Gasteiger partial charge in [0.05, 0.1) is 23.5 Å². The molecule has 33 heavy (non-hydrogen) atoms. The maximum Gasteiger partial charge on any atom is 0.312 e. The molecule has 0 N–H and O–H groups in total. The number of rotatable bonds is 8. The maximum atomic E-state index is 13.0. The molecule has 1 aliphatic heterocycles.